The Morgan fingerprint density at radius 2 is 1.88 bits per heavy atom. The minimum Gasteiger partial charge on any atom is -0.439 e. The van der Waals surface area contributed by atoms with Crippen LogP contribution in [0.1, 0.15) is 29.7 Å². The zero-order valence-electron chi connectivity index (χ0n) is 19.5. The molecule has 0 radical (unpaired) electrons. The van der Waals surface area contributed by atoms with Gasteiger partial charge in [-0.2, -0.15) is 5.10 Å². The van der Waals surface area contributed by atoms with Crippen molar-refractivity contribution in [2.45, 2.75) is 45.4 Å². The van der Waals surface area contributed by atoms with Gasteiger partial charge in [-0.3, -0.25) is 4.90 Å². The van der Waals surface area contributed by atoms with E-state index in [0.29, 0.717) is 38.2 Å². The maximum Gasteiger partial charge on any atom is 0.227 e. The van der Waals surface area contributed by atoms with Gasteiger partial charge in [0.25, 0.3) is 0 Å². The third-order valence-corrected chi connectivity index (χ3v) is 5.79. The second-order valence-electron chi connectivity index (χ2n) is 8.67. The smallest absolute Gasteiger partial charge is 0.227 e. The fourth-order valence-corrected chi connectivity index (χ4v) is 3.88. The van der Waals surface area contributed by atoms with Gasteiger partial charge in [0.2, 0.25) is 5.88 Å². The first-order valence-electron chi connectivity index (χ1n) is 11.5. The monoisotopic (exact) mass is 447 g/mol. The Hall–Kier alpha value is -2.93. The molecular formula is C27H33N3O3. The quantitative estimate of drug-likeness (QED) is 0.319. The van der Waals surface area contributed by atoms with Gasteiger partial charge in [0, 0.05) is 19.1 Å². The first kappa shape index (κ1) is 23.2. The summed E-state index contributed by atoms with van der Waals surface area (Å²) in [5.41, 5.74) is 4.09. The molecule has 1 aliphatic carbocycles. The number of benzene rings is 2. The van der Waals surface area contributed by atoms with Crippen molar-refractivity contribution in [3.05, 3.63) is 84.1 Å². The van der Waals surface area contributed by atoms with Crippen molar-refractivity contribution in [3.63, 3.8) is 0 Å². The van der Waals surface area contributed by atoms with Gasteiger partial charge in [-0.1, -0.05) is 42.0 Å². The molecule has 4 rings (SSSR count). The predicted octanol–water partition coefficient (Wildman–Crippen LogP) is 4.81. The van der Waals surface area contributed by atoms with Crippen LogP contribution in [0, 0.1) is 13.8 Å². The molecule has 6 heteroatoms. The number of ether oxygens (including phenoxy) is 2. The molecule has 1 atom stereocenters. The summed E-state index contributed by atoms with van der Waals surface area (Å²) in [5, 5.41) is 15.4. The Labute approximate surface area is 196 Å². The Balaban J connectivity index is 1.62. The summed E-state index contributed by atoms with van der Waals surface area (Å²) >= 11 is 0. The topological polar surface area (TPSA) is 59.8 Å². The minimum absolute atomic E-state index is 0.296. The van der Waals surface area contributed by atoms with Crippen LogP contribution in [0.4, 0.5) is 0 Å². The molecule has 1 N–H and O–H groups in total. The average molecular weight is 448 g/mol. The van der Waals surface area contributed by atoms with Crippen molar-refractivity contribution in [2.75, 3.05) is 19.8 Å². The maximum absolute atomic E-state index is 10.5. The van der Waals surface area contributed by atoms with Gasteiger partial charge < -0.3 is 14.6 Å². The molecule has 1 heterocycles. The Morgan fingerprint density at radius 3 is 2.55 bits per heavy atom. The van der Waals surface area contributed by atoms with Crippen molar-refractivity contribution in [3.8, 4) is 17.3 Å². The van der Waals surface area contributed by atoms with Crippen LogP contribution in [0.5, 0.6) is 11.6 Å². The molecule has 1 aliphatic rings. The molecule has 0 amide bonds. The molecule has 0 spiro atoms. The number of aromatic nitrogens is 2. The summed E-state index contributed by atoms with van der Waals surface area (Å²) in [7, 11) is 0. The van der Waals surface area contributed by atoms with Crippen molar-refractivity contribution < 1.29 is 14.6 Å². The first-order valence-corrected chi connectivity index (χ1v) is 11.5. The number of aliphatic hydroxyl groups excluding tert-OH is 1. The molecule has 3 aromatic rings. The lowest BCUT2D eigenvalue weighted by atomic mass is 10.2. The van der Waals surface area contributed by atoms with E-state index in [1.807, 2.05) is 66.2 Å². The fraction of sp³-hybridized carbons (Fsp3) is 0.370. The van der Waals surface area contributed by atoms with Crippen LogP contribution in [0.25, 0.3) is 5.69 Å². The number of aliphatic hydroxyl groups is 1. The molecule has 33 heavy (non-hydrogen) atoms. The van der Waals surface area contributed by atoms with Gasteiger partial charge in [-0.05, 0) is 51.0 Å². The lowest BCUT2D eigenvalue weighted by Crippen LogP contribution is -2.36. The van der Waals surface area contributed by atoms with Crippen LogP contribution in [-0.4, -0.2) is 51.7 Å². The number of nitrogens with zero attached hydrogens (tertiary/aromatic N) is 3. The summed E-state index contributed by atoms with van der Waals surface area (Å²) in [6, 6.07) is 18.6. The van der Waals surface area contributed by atoms with Gasteiger partial charge in [0.15, 0.2) is 0 Å². The number of rotatable bonds is 12. The van der Waals surface area contributed by atoms with E-state index in [1.54, 1.807) is 6.08 Å². The highest BCUT2D eigenvalue weighted by Crippen LogP contribution is 2.35. The molecule has 0 bridgehead atoms. The molecule has 174 valence electrons. The third kappa shape index (κ3) is 6.11. The van der Waals surface area contributed by atoms with Crippen molar-refractivity contribution in [2.24, 2.45) is 0 Å². The second kappa shape index (κ2) is 10.8. The lowest BCUT2D eigenvalue weighted by molar-refractivity contribution is 0.0226. The Morgan fingerprint density at radius 1 is 1.15 bits per heavy atom. The number of hydrogen-bond acceptors (Lipinski definition) is 5. The number of hydrogen-bond donors (Lipinski definition) is 1. The van der Waals surface area contributed by atoms with E-state index in [-0.39, 0.29) is 0 Å². The largest absolute Gasteiger partial charge is 0.439 e. The van der Waals surface area contributed by atoms with Crippen LogP contribution < -0.4 is 4.74 Å². The normalized spacial score (nSPS) is 14.4. The van der Waals surface area contributed by atoms with Crippen LogP contribution in [0.3, 0.4) is 0 Å². The Bertz CT molecular complexity index is 1040. The molecule has 0 saturated heterocycles. The molecular weight excluding hydrogens is 414 g/mol. The van der Waals surface area contributed by atoms with E-state index in [1.165, 1.54) is 5.56 Å². The molecule has 1 fully saturated rings. The zero-order valence-corrected chi connectivity index (χ0v) is 19.5. The van der Waals surface area contributed by atoms with Crippen molar-refractivity contribution >= 4 is 0 Å². The highest BCUT2D eigenvalue weighted by molar-refractivity contribution is 5.43. The summed E-state index contributed by atoms with van der Waals surface area (Å²) in [6.45, 7) is 9.68. The second-order valence-corrected chi connectivity index (χ2v) is 8.67. The van der Waals surface area contributed by atoms with Gasteiger partial charge in [0.05, 0.1) is 36.3 Å². The average Bonchev–Trinajstić information content (AvgIpc) is 3.62. The van der Waals surface area contributed by atoms with E-state index in [0.717, 1.165) is 35.5 Å². The van der Waals surface area contributed by atoms with Crippen LogP contribution in [0.15, 0.2) is 67.3 Å². The molecule has 1 aromatic heterocycles. The van der Waals surface area contributed by atoms with Crippen LogP contribution in [-0.2, 0) is 11.3 Å². The minimum atomic E-state index is -0.559. The van der Waals surface area contributed by atoms with E-state index >= 15 is 0 Å². The van der Waals surface area contributed by atoms with Gasteiger partial charge >= 0.3 is 0 Å². The van der Waals surface area contributed by atoms with Crippen LogP contribution >= 0.6 is 0 Å². The highest BCUT2D eigenvalue weighted by atomic mass is 16.5. The van der Waals surface area contributed by atoms with Gasteiger partial charge in [0.1, 0.15) is 5.75 Å². The van der Waals surface area contributed by atoms with Crippen molar-refractivity contribution in [1.82, 2.24) is 14.7 Å². The summed E-state index contributed by atoms with van der Waals surface area (Å²) in [5.74, 6) is 1.49. The Kier molecular flexibility index (Phi) is 7.60. The SMILES string of the molecule is C=CCOCC(O)CN(Cc1c(C)nn(-c2ccccc2)c1Oc1ccc(C)cc1)C1CC1. The standard InChI is InChI=1S/C27H33N3O3/c1-4-16-32-19-24(31)17-29(22-12-13-22)18-26-21(3)28-30(23-8-6-5-7-9-23)27(26)33-25-14-10-20(2)11-15-25/h4-11,14-15,22,24,31H,1,12-13,16-19H2,2-3H3. The lowest BCUT2D eigenvalue weighted by Gasteiger charge is -2.25. The first-order chi connectivity index (χ1) is 16.0. The predicted molar refractivity (Wildman–Crippen MR) is 130 cm³/mol. The van der Waals surface area contributed by atoms with Crippen LogP contribution in [0.2, 0.25) is 0 Å². The molecule has 6 nitrogen and oxygen atoms in total. The van der Waals surface area contributed by atoms with E-state index in [9.17, 15) is 5.11 Å². The van der Waals surface area contributed by atoms with Gasteiger partial charge in [-0.25, -0.2) is 4.68 Å². The van der Waals surface area contributed by atoms with E-state index in [4.69, 9.17) is 14.6 Å². The molecule has 0 aliphatic heterocycles. The van der Waals surface area contributed by atoms with E-state index in [2.05, 4.69) is 18.4 Å². The number of para-hydroxylation sites is 1. The van der Waals surface area contributed by atoms with E-state index < -0.39 is 6.10 Å². The highest BCUT2D eigenvalue weighted by Gasteiger charge is 2.32. The van der Waals surface area contributed by atoms with Gasteiger partial charge in [-0.15, -0.1) is 6.58 Å². The maximum atomic E-state index is 10.5. The number of aryl methyl sites for hydroxylation is 2. The summed E-state index contributed by atoms with van der Waals surface area (Å²) in [6.07, 6.45) is 3.42. The molecule has 1 saturated carbocycles. The van der Waals surface area contributed by atoms with Crippen molar-refractivity contribution in [1.29, 1.82) is 0 Å². The fourth-order valence-electron chi connectivity index (χ4n) is 3.88. The molecule has 1 unspecified atom stereocenters. The summed E-state index contributed by atoms with van der Waals surface area (Å²) in [4.78, 5) is 2.32. The zero-order chi connectivity index (χ0) is 23.2. The molecule has 2 aromatic carbocycles. The summed E-state index contributed by atoms with van der Waals surface area (Å²) < 4.78 is 13.8. The third-order valence-electron chi connectivity index (χ3n) is 5.79.